The van der Waals surface area contributed by atoms with Gasteiger partial charge in [0, 0.05) is 19.1 Å². The third-order valence-corrected chi connectivity index (χ3v) is 4.48. The highest BCUT2D eigenvalue weighted by Crippen LogP contribution is 2.28. The number of carbonyl (C=O) groups excluding carboxylic acids is 1. The van der Waals surface area contributed by atoms with E-state index in [-0.39, 0.29) is 18.0 Å². The zero-order valence-electron chi connectivity index (χ0n) is 11.6. The quantitative estimate of drug-likeness (QED) is 0.802. The maximum Gasteiger partial charge on any atom is 0.317 e. The largest absolute Gasteiger partial charge is 0.481 e. The Kier molecular flexibility index (Phi) is 4.66. The lowest BCUT2D eigenvalue weighted by molar-refractivity contribution is -0.141. The molecule has 2 aliphatic carbocycles. The number of urea groups is 1. The molecule has 2 aliphatic rings. The summed E-state index contributed by atoms with van der Waals surface area (Å²) in [6.07, 6.45) is 5.77. The van der Waals surface area contributed by atoms with Crippen molar-refractivity contribution in [1.29, 1.82) is 0 Å². The molecule has 0 aromatic heterocycles. The maximum atomic E-state index is 12.1. The molecule has 2 fully saturated rings. The molecule has 5 heteroatoms. The second-order valence-electron chi connectivity index (χ2n) is 5.83. The van der Waals surface area contributed by atoms with Gasteiger partial charge in [-0.25, -0.2) is 4.79 Å². The van der Waals surface area contributed by atoms with Gasteiger partial charge in [0.15, 0.2) is 0 Å². The Hall–Kier alpha value is -1.26. The molecule has 19 heavy (non-hydrogen) atoms. The molecule has 0 radical (unpaired) electrons. The van der Waals surface area contributed by atoms with Gasteiger partial charge in [-0.05, 0) is 44.9 Å². The fraction of sp³-hybridized carbons (Fsp3) is 0.857. The van der Waals surface area contributed by atoms with Gasteiger partial charge in [-0.2, -0.15) is 0 Å². The third-order valence-electron chi connectivity index (χ3n) is 4.48. The van der Waals surface area contributed by atoms with Crippen molar-refractivity contribution in [3.05, 3.63) is 0 Å². The van der Waals surface area contributed by atoms with E-state index in [0.717, 1.165) is 19.5 Å². The zero-order chi connectivity index (χ0) is 13.8. The van der Waals surface area contributed by atoms with Gasteiger partial charge in [0.2, 0.25) is 0 Å². The Morgan fingerprint density at radius 1 is 1.26 bits per heavy atom. The number of nitrogens with one attached hydrogen (secondary N) is 1. The van der Waals surface area contributed by atoms with E-state index in [1.807, 2.05) is 11.8 Å². The number of carboxylic acid groups (broad SMARTS) is 1. The zero-order valence-corrected chi connectivity index (χ0v) is 11.6. The Balaban J connectivity index is 1.77. The lowest BCUT2D eigenvalue weighted by Gasteiger charge is -2.32. The van der Waals surface area contributed by atoms with E-state index in [1.54, 1.807) is 0 Å². The molecule has 0 heterocycles. The highest BCUT2D eigenvalue weighted by molar-refractivity contribution is 5.75. The lowest BCUT2D eigenvalue weighted by Crippen LogP contribution is -2.46. The van der Waals surface area contributed by atoms with Crippen LogP contribution in [0.2, 0.25) is 0 Å². The average Bonchev–Trinajstić information content (AvgIpc) is 2.76. The van der Waals surface area contributed by atoms with Gasteiger partial charge in [-0.3, -0.25) is 4.79 Å². The molecule has 0 spiro atoms. The van der Waals surface area contributed by atoms with E-state index in [0.29, 0.717) is 18.8 Å². The Labute approximate surface area is 114 Å². The van der Waals surface area contributed by atoms with E-state index < -0.39 is 5.97 Å². The molecule has 2 saturated carbocycles. The second-order valence-corrected chi connectivity index (χ2v) is 5.83. The number of rotatable bonds is 5. The number of aliphatic carboxylic acids is 1. The molecule has 2 rings (SSSR count). The summed E-state index contributed by atoms with van der Waals surface area (Å²) in [5, 5.41) is 11.9. The van der Waals surface area contributed by atoms with Crippen molar-refractivity contribution in [2.75, 3.05) is 13.1 Å². The van der Waals surface area contributed by atoms with Gasteiger partial charge in [0.05, 0.1) is 5.92 Å². The van der Waals surface area contributed by atoms with Crippen LogP contribution in [0.15, 0.2) is 0 Å². The van der Waals surface area contributed by atoms with Gasteiger partial charge in [0.1, 0.15) is 0 Å². The van der Waals surface area contributed by atoms with Crippen molar-refractivity contribution in [1.82, 2.24) is 10.2 Å². The van der Waals surface area contributed by atoms with Gasteiger partial charge < -0.3 is 15.3 Å². The summed E-state index contributed by atoms with van der Waals surface area (Å²) in [6, 6.07) is 0.00878. The number of carbonyl (C=O) groups is 2. The number of hydrogen-bond donors (Lipinski definition) is 2. The summed E-state index contributed by atoms with van der Waals surface area (Å²) in [4.78, 5) is 24.9. The smallest absolute Gasteiger partial charge is 0.317 e. The second kappa shape index (κ2) is 6.26. The van der Waals surface area contributed by atoms with Crippen LogP contribution in [0.25, 0.3) is 0 Å². The van der Waals surface area contributed by atoms with Crippen molar-refractivity contribution in [3.63, 3.8) is 0 Å². The van der Waals surface area contributed by atoms with Crippen LogP contribution >= 0.6 is 0 Å². The standard InChI is InChI=1S/C14H24N2O3/c1-2-16(9-10-4-3-5-10)14(19)15-12-7-6-11(8-12)13(17)18/h10-12H,2-9H2,1H3,(H,15,19)(H,17,18). The van der Waals surface area contributed by atoms with Crippen LogP contribution in [-0.2, 0) is 4.79 Å². The fourth-order valence-electron chi connectivity index (χ4n) is 2.95. The van der Waals surface area contributed by atoms with Crippen molar-refractivity contribution in [2.45, 2.75) is 51.5 Å². The minimum absolute atomic E-state index is 0.0227. The first-order chi connectivity index (χ1) is 9.10. The summed E-state index contributed by atoms with van der Waals surface area (Å²) in [5.74, 6) is -0.355. The summed E-state index contributed by atoms with van der Waals surface area (Å²) < 4.78 is 0. The average molecular weight is 268 g/mol. The number of amides is 2. The van der Waals surface area contributed by atoms with Crippen LogP contribution in [0.3, 0.4) is 0 Å². The first-order valence-corrected chi connectivity index (χ1v) is 7.38. The Morgan fingerprint density at radius 2 is 2.00 bits per heavy atom. The van der Waals surface area contributed by atoms with Crippen molar-refractivity contribution in [3.8, 4) is 0 Å². The summed E-state index contributed by atoms with van der Waals surface area (Å²) in [5.41, 5.74) is 0. The van der Waals surface area contributed by atoms with Gasteiger partial charge in [0.25, 0.3) is 0 Å². The van der Waals surface area contributed by atoms with Crippen LogP contribution < -0.4 is 5.32 Å². The van der Waals surface area contributed by atoms with Crippen molar-refractivity contribution < 1.29 is 14.7 Å². The molecule has 2 N–H and O–H groups in total. The summed E-state index contributed by atoms with van der Waals surface area (Å²) in [7, 11) is 0. The molecule has 0 aromatic carbocycles. The molecule has 108 valence electrons. The van der Waals surface area contributed by atoms with E-state index in [2.05, 4.69) is 5.32 Å². The maximum absolute atomic E-state index is 12.1. The first kappa shape index (κ1) is 14.2. The van der Waals surface area contributed by atoms with Crippen LogP contribution in [0.5, 0.6) is 0 Å². The topological polar surface area (TPSA) is 69.6 Å². The molecule has 0 saturated heterocycles. The molecular weight excluding hydrogens is 244 g/mol. The molecule has 0 aromatic rings. The predicted molar refractivity (Wildman–Crippen MR) is 71.9 cm³/mol. The molecule has 2 unspecified atom stereocenters. The van der Waals surface area contributed by atoms with E-state index in [1.165, 1.54) is 19.3 Å². The lowest BCUT2D eigenvalue weighted by atomic mass is 9.85. The summed E-state index contributed by atoms with van der Waals surface area (Å²) in [6.45, 7) is 3.56. The minimum Gasteiger partial charge on any atom is -0.481 e. The highest BCUT2D eigenvalue weighted by Gasteiger charge is 2.31. The number of nitrogens with zero attached hydrogens (tertiary/aromatic N) is 1. The van der Waals surface area contributed by atoms with Gasteiger partial charge >= 0.3 is 12.0 Å². The van der Waals surface area contributed by atoms with Crippen LogP contribution in [0.1, 0.15) is 45.4 Å². The van der Waals surface area contributed by atoms with E-state index in [4.69, 9.17) is 5.11 Å². The van der Waals surface area contributed by atoms with Gasteiger partial charge in [-0.1, -0.05) is 6.42 Å². The Morgan fingerprint density at radius 3 is 2.47 bits per heavy atom. The monoisotopic (exact) mass is 268 g/mol. The molecule has 2 atom stereocenters. The Bertz CT molecular complexity index is 342. The third kappa shape index (κ3) is 3.61. The number of hydrogen-bond acceptors (Lipinski definition) is 2. The first-order valence-electron chi connectivity index (χ1n) is 7.38. The molecule has 5 nitrogen and oxygen atoms in total. The predicted octanol–water partition coefficient (Wildman–Crippen LogP) is 2.07. The molecular formula is C14H24N2O3. The number of carboxylic acids is 1. The van der Waals surface area contributed by atoms with Crippen molar-refractivity contribution >= 4 is 12.0 Å². The van der Waals surface area contributed by atoms with Crippen LogP contribution in [0.4, 0.5) is 4.79 Å². The molecule has 2 amide bonds. The SMILES string of the molecule is CCN(CC1CCC1)C(=O)NC1CCC(C(=O)O)C1. The van der Waals surface area contributed by atoms with E-state index >= 15 is 0 Å². The van der Waals surface area contributed by atoms with Crippen LogP contribution in [0, 0.1) is 11.8 Å². The van der Waals surface area contributed by atoms with Crippen molar-refractivity contribution in [2.24, 2.45) is 11.8 Å². The molecule has 0 aliphatic heterocycles. The highest BCUT2D eigenvalue weighted by atomic mass is 16.4. The summed E-state index contributed by atoms with van der Waals surface area (Å²) >= 11 is 0. The molecule has 0 bridgehead atoms. The van der Waals surface area contributed by atoms with Crippen LogP contribution in [-0.4, -0.2) is 41.1 Å². The van der Waals surface area contributed by atoms with E-state index in [9.17, 15) is 9.59 Å². The van der Waals surface area contributed by atoms with Gasteiger partial charge in [-0.15, -0.1) is 0 Å². The minimum atomic E-state index is -0.737. The fourth-order valence-corrected chi connectivity index (χ4v) is 2.95. The normalized spacial score (nSPS) is 26.8.